The Kier molecular flexibility index (Phi) is 7.33. The second kappa shape index (κ2) is 10.5. The third kappa shape index (κ3) is 4.85. The van der Waals surface area contributed by atoms with Crippen LogP contribution in [0.5, 0.6) is 5.75 Å². The number of methoxy groups -OCH3 is 1. The number of likely N-dealkylation sites (N-methyl/N-ethyl adjacent to an activating group) is 1. The number of aromatic carboxylic acids is 1. The monoisotopic (exact) mass is 537 g/mol. The number of pyridine rings is 1. The number of carbonyl (C=O) groups excluding carboxylic acids is 1. The molecule has 9 heteroatoms. The molecule has 8 nitrogen and oxygen atoms in total. The molecule has 0 bridgehead atoms. The van der Waals surface area contributed by atoms with Crippen molar-refractivity contribution in [3.05, 3.63) is 50.6 Å². The molecule has 0 radical (unpaired) electrons. The van der Waals surface area contributed by atoms with Gasteiger partial charge in [-0.3, -0.25) is 9.59 Å². The van der Waals surface area contributed by atoms with Gasteiger partial charge in [-0.05, 0) is 75.3 Å². The van der Waals surface area contributed by atoms with Crippen molar-refractivity contribution in [2.45, 2.75) is 70.5 Å². The number of amides is 1. The van der Waals surface area contributed by atoms with Crippen molar-refractivity contribution in [1.29, 1.82) is 0 Å². The lowest BCUT2D eigenvalue weighted by atomic mass is 9.92. The van der Waals surface area contributed by atoms with E-state index in [-0.39, 0.29) is 29.6 Å². The number of carboxylic acids is 1. The quantitative estimate of drug-likeness (QED) is 0.358. The minimum absolute atomic E-state index is 0.0257. The molecule has 1 fully saturated rings. The van der Waals surface area contributed by atoms with Gasteiger partial charge in [-0.1, -0.05) is 13.8 Å². The number of carbonyl (C=O) groups is 2. The first-order valence-electron chi connectivity index (χ1n) is 13.3. The fourth-order valence-corrected chi connectivity index (χ4v) is 6.84. The first kappa shape index (κ1) is 26.4. The fraction of sp³-hybridized carbons (Fsp3) is 0.483. The van der Waals surface area contributed by atoms with Crippen molar-refractivity contribution in [3.8, 4) is 16.2 Å². The number of rotatable bonds is 9. The first-order valence-corrected chi connectivity index (χ1v) is 14.1. The van der Waals surface area contributed by atoms with Crippen LogP contribution in [0.3, 0.4) is 0 Å². The summed E-state index contributed by atoms with van der Waals surface area (Å²) in [5.74, 6) is -0.206. The Labute approximate surface area is 226 Å². The van der Waals surface area contributed by atoms with Crippen molar-refractivity contribution >= 4 is 34.1 Å². The van der Waals surface area contributed by atoms with E-state index in [0.29, 0.717) is 22.6 Å². The average molecular weight is 538 g/mol. The second-order valence-electron chi connectivity index (χ2n) is 10.8. The van der Waals surface area contributed by atoms with Gasteiger partial charge in [0.15, 0.2) is 5.75 Å². The van der Waals surface area contributed by atoms with E-state index in [4.69, 9.17) is 4.74 Å². The number of aryl methyl sites for hydroxylation is 1. The van der Waals surface area contributed by atoms with Crippen LogP contribution in [0, 0.1) is 5.92 Å². The summed E-state index contributed by atoms with van der Waals surface area (Å²) in [4.78, 5) is 40.1. The van der Waals surface area contributed by atoms with Gasteiger partial charge in [0.25, 0.3) is 0 Å². The number of fused-ring (bicyclic) bond motifs is 2. The highest BCUT2D eigenvalue weighted by atomic mass is 32.1. The predicted molar refractivity (Wildman–Crippen MR) is 149 cm³/mol. The summed E-state index contributed by atoms with van der Waals surface area (Å²) < 4.78 is 7.82. The number of carboxylic acid groups (broad SMARTS) is 1. The molecule has 202 valence electrons. The van der Waals surface area contributed by atoms with Crippen molar-refractivity contribution in [2.75, 3.05) is 14.2 Å². The van der Waals surface area contributed by atoms with E-state index in [1.807, 2.05) is 17.7 Å². The lowest BCUT2D eigenvalue weighted by Crippen LogP contribution is -2.45. The van der Waals surface area contributed by atoms with Gasteiger partial charge in [-0.25, -0.2) is 4.79 Å². The first-order chi connectivity index (χ1) is 18.2. The van der Waals surface area contributed by atoms with Crippen LogP contribution in [0.25, 0.3) is 21.3 Å². The molecule has 0 spiro atoms. The zero-order valence-electron chi connectivity index (χ0n) is 22.3. The maximum absolute atomic E-state index is 13.1. The number of aromatic nitrogens is 1. The highest BCUT2D eigenvalue weighted by Gasteiger charge is 2.31. The highest BCUT2D eigenvalue weighted by Crippen LogP contribution is 2.46. The zero-order valence-corrected chi connectivity index (χ0v) is 23.1. The van der Waals surface area contributed by atoms with Crippen molar-refractivity contribution < 1.29 is 19.4 Å². The predicted octanol–water partition coefficient (Wildman–Crippen LogP) is 4.90. The lowest BCUT2D eigenvalue weighted by molar-refractivity contribution is -0.124. The van der Waals surface area contributed by atoms with E-state index in [2.05, 4.69) is 30.5 Å². The number of nitrogens with zero attached hydrogens (tertiary/aromatic N) is 1. The highest BCUT2D eigenvalue weighted by molar-refractivity contribution is 7.15. The third-order valence-corrected chi connectivity index (χ3v) is 8.83. The molecule has 2 aliphatic rings. The molecule has 2 aromatic heterocycles. The van der Waals surface area contributed by atoms with Crippen LogP contribution in [0.4, 0.5) is 0 Å². The number of thiophene rings is 1. The maximum Gasteiger partial charge on any atom is 0.341 e. The van der Waals surface area contributed by atoms with Crippen molar-refractivity contribution in [3.63, 3.8) is 0 Å². The maximum atomic E-state index is 13.1. The molecule has 2 atom stereocenters. The van der Waals surface area contributed by atoms with E-state index >= 15 is 0 Å². The Morgan fingerprint density at radius 2 is 2.00 bits per heavy atom. The number of hydrogen-bond donors (Lipinski definition) is 3. The van der Waals surface area contributed by atoms with Crippen molar-refractivity contribution in [1.82, 2.24) is 15.2 Å². The van der Waals surface area contributed by atoms with E-state index in [1.54, 1.807) is 24.5 Å². The Balaban J connectivity index is 1.56. The van der Waals surface area contributed by atoms with E-state index in [1.165, 1.54) is 11.1 Å². The molecule has 1 aromatic carbocycles. The van der Waals surface area contributed by atoms with Gasteiger partial charge in [0, 0.05) is 27.6 Å². The summed E-state index contributed by atoms with van der Waals surface area (Å²) >= 11 is 1.70. The number of hydrogen-bond acceptors (Lipinski definition) is 6. The Hall–Kier alpha value is -3.17. The lowest BCUT2D eigenvalue weighted by Gasteiger charge is -2.26. The molecule has 3 aromatic rings. The van der Waals surface area contributed by atoms with Gasteiger partial charge in [0.05, 0.1) is 30.1 Å². The van der Waals surface area contributed by atoms with Crippen LogP contribution in [0.15, 0.2) is 29.2 Å². The molecule has 1 saturated carbocycles. The Bertz CT molecular complexity index is 1450. The second-order valence-corrected chi connectivity index (χ2v) is 11.9. The zero-order chi connectivity index (χ0) is 27.1. The SMILES string of the molecule is CN[C@H](CC(C)C)C(=O)N[C@@H]1CCCc2sc(-c3ccc4c(=O)c(C(=O)O)cn(C5CC5)c4c3OC)cc21. The van der Waals surface area contributed by atoms with Gasteiger partial charge >= 0.3 is 5.97 Å². The average Bonchev–Trinajstić information content (AvgIpc) is 3.64. The summed E-state index contributed by atoms with van der Waals surface area (Å²) in [7, 11) is 3.42. The number of ether oxygens (including phenoxy) is 1. The standard InChI is InChI=1S/C29H35N3O5S/c1-15(2)12-22(30-3)28(34)31-21-6-5-7-23-19(21)13-24(38-23)17-10-11-18-25(27(17)37-4)32(16-8-9-16)14-20(26(18)33)29(35)36/h10-11,13-16,21-22,30H,5-9,12H2,1-4H3,(H,31,34)(H,35,36)/t21-,22-/m1/s1. The Morgan fingerprint density at radius 3 is 2.63 bits per heavy atom. The molecular formula is C29H35N3O5S. The molecule has 38 heavy (non-hydrogen) atoms. The van der Waals surface area contributed by atoms with E-state index in [0.717, 1.165) is 54.5 Å². The smallest absolute Gasteiger partial charge is 0.341 e. The Morgan fingerprint density at radius 1 is 1.24 bits per heavy atom. The molecule has 1 amide bonds. The topological polar surface area (TPSA) is 110 Å². The summed E-state index contributed by atoms with van der Waals surface area (Å²) in [6.07, 6.45) is 6.96. The van der Waals surface area contributed by atoms with Crippen molar-refractivity contribution in [2.24, 2.45) is 5.92 Å². The molecule has 0 unspecified atom stereocenters. The van der Waals surface area contributed by atoms with Crippen LogP contribution in [0.1, 0.15) is 78.8 Å². The molecule has 2 aliphatic carbocycles. The summed E-state index contributed by atoms with van der Waals surface area (Å²) in [6.45, 7) is 4.23. The number of nitrogens with one attached hydrogen (secondary N) is 2. The number of benzene rings is 1. The van der Waals surface area contributed by atoms with E-state index < -0.39 is 11.4 Å². The van der Waals surface area contributed by atoms with Gasteiger partial charge in [0.1, 0.15) is 5.56 Å². The minimum atomic E-state index is -1.22. The largest absolute Gasteiger partial charge is 0.494 e. The van der Waals surface area contributed by atoms with E-state index in [9.17, 15) is 19.5 Å². The van der Waals surface area contributed by atoms with Crippen LogP contribution in [0.2, 0.25) is 0 Å². The van der Waals surface area contributed by atoms with Gasteiger partial charge < -0.3 is 25.0 Å². The summed E-state index contributed by atoms with van der Waals surface area (Å²) in [6, 6.07) is 5.61. The molecule has 3 N–H and O–H groups in total. The fourth-order valence-electron chi connectivity index (χ4n) is 5.55. The van der Waals surface area contributed by atoms with Crippen LogP contribution < -0.4 is 20.8 Å². The van der Waals surface area contributed by atoms with Crippen LogP contribution >= 0.6 is 11.3 Å². The third-order valence-electron chi connectivity index (χ3n) is 7.59. The normalized spacial score (nSPS) is 17.9. The molecule has 0 aliphatic heterocycles. The summed E-state index contributed by atoms with van der Waals surface area (Å²) in [5.41, 5.74) is 1.94. The van der Waals surface area contributed by atoms with Crippen LogP contribution in [-0.2, 0) is 11.2 Å². The van der Waals surface area contributed by atoms with Gasteiger partial charge in [0.2, 0.25) is 11.3 Å². The van der Waals surface area contributed by atoms with Crippen LogP contribution in [-0.4, -0.2) is 41.7 Å². The molecule has 0 saturated heterocycles. The van der Waals surface area contributed by atoms with Gasteiger partial charge in [-0.2, -0.15) is 0 Å². The molecule has 5 rings (SSSR count). The molecular weight excluding hydrogens is 502 g/mol. The molecule has 2 heterocycles. The minimum Gasteiger partial charge on any atom is -0.494 e. The summed E-state index contributed by atoms with van der Waals surface area (Å²) in [5, 5.41) is 16.4. The van der Waals surface area contributed by atoms with Gasteiger partial charge in [-0.15, -0.1) is 11.3 Å².